The minimum atomic E-state index is -3.59. The number of anilines is 1. The van der Waals surface area contributed by atoms with Crippen molar-refractivity contribution >= 4 is 43.0 Å². The van der Waals surface area contributed by atoms with Gasteiger partial charge in [-0.3, -0.25) is 4.72 Å². The first-order valence-corrected chi connectivity index (χ1v) is 9.23. The number of hydrogen-bond donors (Lipinski definition) is 2. The predicted octanol–water partition coefficient (Wildman–Crippen LogP) is 2.96. The molecule has 0 aliphatic rings. The largest absolute Gasteiger partial charge is 0.492 e. The maximum absolute atomic E-state index is 12.3. The summed E-state index contributed by atoms with van der Waals surface area (Å²) in [6.45, 7) is 2.63. The first-order valence-electron chi connectivity index (χ1n) is 6.14. The summed E-state index contributed by atoms with van der Waals surface area (Å²) >= 11 is 4.51. The van der Waals surface area contributed by atoms with Crippen LogP contribution in [0.25, 0.3) is 0 Å². The van der Waals surface area contributed by atoms with E-state index in [-0.39, 0.29) is 4.21 Å². The smallest absolute Gasteiger partial charge is 0.271 e. The summed E-state index contributed by atoms with van der Waals surface area (Å²) in [7, 11) is -3.59. The molecule has 5 nitrogen and oxygen atoms in total. The van der Waals surface area contributed by atoms with Crippen molar-refractivity contribution in [2.24, 2.45) is 5.73 Å². The minimum absolute atomic E-state index is 0.264. The number of sulfonamides is 1. The highest BCUT2D eigenvalue weighted by atomic mass is 79.9. The van der Waals surface area contributed by atoms with Crippen LogP contribution in [0.15, 0.2) is 38.3 Å². The normalized spacial score (nSPS) is 11.4. The first-order chi connectivity index (χ1) is 9.92. The highest BCUT2D eigenvalue weighted by molar-refractivity contribution is 9.11. The third-order valence-electron chi connectivity index (χ3n) is 2.57. The van der Waals surface area contributed by atoms with Crippen molar-refractivity contribution in [3.05, 3.63) is 39.7 Å². The Kier molecular flexibility index (Phi) is 5.26. The van der Waals surface area contributed by atoms with Crippen LogP contribution < -0.4 is 15.2 Å². The number of rotatable bonds is 6. The average Bonchev–Trinajstić information content (AvgIpc) is 2.77. The van der Waals surface area contributed by atoms with Crippen molar-refractivity contribution in [1.82, 2.24) is 0 Å². The van der Waals surface area contributed by atoms with Gasteiger partial charge in [-0.25, -0.2) is 8.42 Å². The van der Waals surface area contributed by atoms with Gasteiger partial charge in [0.05, 0.1) is 9.47 Å². The summed E-state index contributed by atoms with van der Waals surface area (Å²) in [5, 5.41) is 0. The summed E-state index contributed by atoms with van der Waals surface area (Å²) in [6, 6.07) is 8.40. The van der Waals surface area contributed by atoms with E-state index in [1.807, 2.05) is 6.92 Å². The lowest BCUT2D eigenvalue weighted by molar-refractivity contribution is 0.328. The van der Waals surface area contributed by atoms with Gasteiger partial charge in [0.2, 0.25) is 0 Å². The number of nitrogens with two attached hydrogens (primary N) is 1. The highest BCUT2D eigenvalue weighted by Crippen LogP contribution is 2.31. The Bertz CT molecular complexity index is 709. The zero-order chi connectivity index (χ0) is 15.5. The highest BCUT2D eigenvalue weighted by Gasteiger charge is 2.18. The third-order valence-corrected chi connectivity index (χ3v) is 6.56. The molecular weight excluding hydrogens is 376 g/mol. The van der Waals surface area contributed by atoms with E-state index in [0.717, 1.165) is 9.35 Å². The van der Waals surface area contributed by atoms with E-state index >= 15 is 0 Å². The molecule has 0 atom stereocenters. The van der Waals surface area contributed by atoms with Crippen LogP contribution in [0.3, 0.4) is 0 Å². The van der Waals surface area contributed by atoms with Gasteiger partial charge in [-0.2, -0.15) is 0 Å². The van der Waals surface area contributed by atoms with Crippen LogP contribution in [0.1, 0.15) is 5.56 Å². The van der Waals surface area contributed by atoms with Gasteiger partial charge < -0.3 is 10.5 Å². The van der Waals surface area contributed by atoms with Crippen LogP contribution >= 0.6 is 27.3 Å². The zero-order valence-electron chi connectivity index (χ0n) is 11.3. The Morgan fingerprint density at radius 2 is 2.14 bits per heavy atom. The molecule has 2 rings (SSSR count). The van der Waals surface area contributed by atoms with Crippen LogP contribution in [0, 0.1) is 6.92 Å². The number of hydrogen-bond acceptors (Lipinski definition) is 5. The maximum atomic E-state index is 12.3. The lowest BCUT2D eigenvalue weighted by Gasteiger charge is -2.09. The Morgan fingerprint density at radius 3 is 2.76 bits per heavy atom. The lowest BCUT2D eigenvalue weighted by atomic mass is 10.3. The number of halogens is 1. The molecule has 8 heteroatoms. The molecule has 0 amide bonds. The quantitative estimate of drug-likeness (QED) is 0.794. The van der Waals surface area contributed by atoms with E-state index in [0.29, 0.717) is 24.6 Å². The Balaban J connectivity index is 2.20. The molecule has 3 N–H and O–H groups in total. The first kappa shape index (κ1) is 16.3. The third kappa shape index (κ3) is 4.19. The van der Waals surface area contributed by atoms with Gasteiger partial charge in [0.15, 0.2) is 0 Å². The molecule has 114 valence electrons. The molecule has 0 aliphatic heterocycles. The topological polar surface area (TPSA) is 81.4 Å². The lowest BCUT2D eigenvalue weighted by Crippen LogP contribution is -2.12. The van der Waals surface area contributed by atoms with Crippen molar-refractivity contribution < 1.29 is 13.2 Å². The fourth-order valence-electron chi connectivity index (χ4n) is 1.60. The molecule has 1 aromatic heterocycles. The second kappa shape index (κ2) is 6.78. The van der Waals surface area contributed by atoms with Crippen LogP contribution in [0.2, 0.25) is 0 Å². The Hall–Kier alpha value is -1.09. The molecule has 0 radical (unpaired) electrons. The van der Waals surface area contributed by atoms with Crippen molar-refractivity contribution in [1.29, 1.82) is 0 Å². The summed E-state index contributed by atoms with van der Waals surface area (Å²) in [5.41, 5.74) is 6.71. The van der Waals surface area contributed by atoms with Gasteiger partial charge in [0.1, 0.15) is 16.6 Å². The molecule has 0 spiro atoms. The van der Waals surface area contributed by atoms with Crippen molar-refractivity contribution in [3.8, 4) is 5.75 Å². The monoisotopic (exact) mass is 390 g/mol. The van der Waals surface area contributed by atoms with Crippen LogP contribution in [-0.4, -0.2) is 21.6 Å². The van der Waals surface area contributed by atoms with Crippen LogP contribution in [0.5, 0.6) is 5.75 Å². The molecule has 2 aromatic rings. The van der Waals surface area contributed by atoms with Gasteiger partial charge in [0.25, 0.3) is 10.0 Å². The number of benzene rings is 1. The summed E-state index contributed by atoms with van der Waals surface area (Å²) in [6.07, 6.45) is 0. The van der Waals surface area contributed by atoms with Gasteiger partial charge in [-0.1, -0.05) is 6.07 Å². The molecule has 1 heterocycles. The van der Waals surface area contributed by atoms with E-state index in [1.165, 1.54) is 11.3 Å². The van der Waals surface area contributed by atoms with E-state index in [1.54, 1.807) is 30.3 Å². The summed E-state index contributed by atoms with van der Waals surface area (Å²) < 4.78 is 33.6. The predicted molar refractivity (Wildman–Crippen MR) is 88.6 cm³/mol. The van der Waals surface area contributed by atoms with Crippen molar-refractivity contribution in [2.45, 2.75) is 11.1 Å². The molecule has 0 saturated heterocycles. The van der Waals surface area contributed by atoms with Crippen molar-refractivity contribution in [3.63, 3.8) is 0 Å². The zero-order valence-corrected chi connectivity index (χ0v) is 14.5. The molecule has 21 heavy (non-hydrogen) atoms. The fraction of sp³-hybridized carbons (Fsp3) is 0.231. The molecule has 0 fully saturated rings. The SMILES string of the molecule is Cc1cc(S(=O)(=O)Nc2cccc(OCCN)c2)sc1Br. The molecule has 0 saturated carbocycles. The summed E-state index contributed by atoms with van der Waals surface area (Å²) in [5.74, 6) is 0.573. The van der Waals surface area contributed by atoms with Gasteiger partial charge in [-0.05, 0) is 46.6 Å². The molecule has 0 aliphatic carbocycles. The van der Waals surface area contributed by atoms with Gasteiger partial charge >= 0.3 is 0 Å². The van der Waals surface area contributed by atoms with E-state index < -0.39 is 10.0 Å². The van der Waals surface area contributed by atoms with E-state index in [9.17, 15) is 8.42 Å². The second-order valence-electron chi connectivity index (χ2n) is 4.29. The fourth-order valence-corrected chi connectivity index (χ4v) is 4.87. The average molecular weight is 391 g/mol. The Morgan fingerprint density at radius 1 is 1.38 bits per heavy atom. The van der Waals surface area contributed by atoms with Crippen LogP contribution in [-0.2, 0) is 10.0 Å². The van der Waals surface area contributed by atoms with E-state index in [4.69, 9.17) is 10.5 Å². The molecule has 0 bridgehead atoms. The van der Waals surface area contributed by atoms with E-state index in [2.05, 4.69) is 20.7 Å². The number of aryl methyl sites for hydroxylation is 1. The summed E-state index contributed by atoms with van der Waals surface area (Å²) in [4.78, 5) is 0. The molecule has 1 aromatic carbocycles. The second-order valence-corrected chi connectivity index (χ2v) is 8.57. The van der Waals surface area contributed by atoms with Crippen molar-refractivity contribution in [2.75, 3.05) is 17.9 Å². The molecular formula is C13H15BrN2O3S2. The standard InChI is InChI=1S/C13H15BrN2O3S2/c1-9-7-12(20-13(9)14)21(17,18)16-10-3-2-4-11(8-10)19-6-5-15/h2-4,7-8,16H,5-6,15H2,1H3. The number of thiophene rings is 1. The minimum Gasteiger partial charge on any atom is -0.492 e. The Labute approximate surface area is 136 Å². The maximum Gasteiger partial charge on any atom is 0.271 e. The van der Waals surface area contributed by atoms with Gasteiger partial charge in [-0.15, -0.1) is 11.3 Å². The molecule has 0 unspecified atom stereocenters. The number of ether oxygens (including phenoxy) is 1. The van der Waals surface area contributed by atoms with Crippen LogP contribution in [0.4, 0.5) is 5.69 Å². The van der Waals surface area contributed by atoms with Gasteiger partial charge in [0, 0.05) is 12.6 Å². The number of nitrogens with one attached hydrogen (secondary N) is 1.